The van der Waals surface area contributed by atoms with E-state index in [1.54, 1.807) is 35.3 Å². The van der Waals surface area contributed by atoms with Gasteiger partial charge in [0.2, 0.25) is 5.91 Å². The van der Waals surface area contributed by atoms with Gasteiger partial charge < -0.3 is 10.5 Å². The van der Waals surface area contributed by atoms with Gasteiger partial charge in [0.25, 0.3) is 0 Å². The fraction of sp³-hybridized carbons (Fsp3) is 0.167. The van der Waals surface area contributed by atoms with Gasteiger partial charge in [0.15, 0.2) is 0 Å². The average molecular weight is 266 g/mol. The molecule has 0 atom stereocenters. The quantitative estimate of drug-likeness (QED) is 0.919. The van der Waals surface area contributed by atoms with Crippen LogP contribution >= 0.6 is 11.6 Å². The molecule has 1 heterocycles. The first-order chi connectivity index (χ1) is 8.63. The molecule has 1 aromatic heterocycles. The van der Waals surface area contributed by atoms with Crippen molar-refractivity contribution in [3.8, 4) is 11.4 Å². The predicted molar refractivity (Wildman–Crippen MR) is 68.3 cm³/mol. The number of nitrogens with two attached hydrogens (primary N) is 1. The van der Waals surface area contributed by atoms with Crippen LogP contribution in [0, 0.1) is 0 Å². The molecular weight excluding hydrogens is 254 g/mol. The molecule has 5 nitrogen and oxygen atoms in total. The van der Waals surface area contributed by atoms with Gasteiger partial charge in [-0.2, -0.15) is 5.10 Å². The van der Waals surface area contributed by atoms with E-state index in [9.17, 15) is 4.79 Å². The van der Waals surface area contributed by atoms with Gasteiger partial charge in [-0.15, -0.1) is 0 Å². The number of halogens is 1. The first-order valence-electron chi connectivity index (χ1n) is 5.39. The van der Waals surface area contributed by atoms with Gasteiger partial charge in [0.1, 0.15) is 11.4 Å². The fourth-order valence-electron chi connectivity index (χ4n) is 1.59. The number of amides is 1. The number of hydrogen-bond donors (Lipinski definition) is 1. The molecule has 6 heteroatoms. The molecular formula is C12H12ClN3O2. The Bertz CT molecular complexity index is 567. The van der Waals surface area contributed by atoms with Crippen molar-refractivity contribution in [2.45, 2.75) is 6.92 Å². The summed E-state index contributed by atoms with van der Waals surface area (Å²) in [6.07, 6.45) is 3.38. The molecule has 0 aliphatic carbocycles. The number of rotatable bonds is 4. The standard InChI is InChI=1S/C12H12ClN3O2/c1-2-18-11-7-9(13)8(12(14)17)6-10(11)16-5-3-4-15-16/h3-7H,2H2,1H3,(H2,14,17). The third-order valence-electron chi connectivity index (χ3n) is 2.37. The van der Waals surface area contributed by atoms with Crippen LogP contribution in [0.25, 0.3) is 5.69 Å². The molecule has 2 aromatic rings. The molecule has 0 fully saturated rings. The number of aromatic nitrogens is 2. The van der Waals surface area contributed by atoms with Gasteiger partial charge in [0, 0.05) is 18.5 Å². The molecule has 0 spiro atoms. The number of carbonyl (C=O) groups excluding carboxylic acids is 1. The zero-order valence-electron chi connectivity index (χ0n) is 9.76. The minimum absolute atomic E-state index is 0.241. The van der Waals surface area contributed by atoms with Gasteiger partial charge in [-0.05, 0) is 19.1 Å². The van der Waals surface area contributed by atoms with E-state index in [1.807, 2.05) is 6.92 Å². The third kappa shape index (κ3) is 2.31. The Kier molecular flexibility index (Phi) is 3.53. The first kappa shape index (κ1) is 12.4. The van der Waals surface area contributed by atoms with E-state index in [0.717, 1.165) is 0 Å². The molecule has 0 aliphatic heterocycles. The molecule has 0 radical (unpaired) electrons. The van der Waals surface area contributed by atoms with E-state index in [0.29, 0.717) is 18.0 Å². The summed E-state index contributed by atoms with van der Waals surface area (Å²) in [4.78, 5) is 11.3. The summed E-state index contributed by atoms with van der Waals surface area (Å²) in [6, 6.07) is 4.92. The van der Waals surface area contributed by atoms with E-state index < -0.39 is 5.91 Å². The van der Waals surface area contributed by atoms with Gasteiger partial charge in [-0.25, -0.2) is 4.68 Å². The molecule has 18 heavy (non-hydrogen) atoms. The average Bonchev–Trinajstić information content (AvgIpc) is 2.82. The summed E-state index contributed by atoms with van der Waals surface area (Å²) in [6.45, 7) is 2.35. The Balaban J connectivity index is 2.60. The van der Waals surface area contributed by atoms with Crippen molar-refractivity contribution < 1.29 is 9.53 Å². The number of carbonyl (C=O) groups is 1. The highest BCUT2D eigenvalue weighted by Gasteiger charge is 2.14. The van der Waals surface area contributed by atoms with Crippen LogP contribution in [-0.4, -0.2) is 22.3 Å². The number of primary amides is 1. The topological polar surface area (TPSA) is 70.1 Å². The number of hydrogen-bond acceptors (Lipinski definition) is 3. The van der Waals surface area contributed by atoms with E-state index in [2.05, 4.69) is 5.10 Å². The molecule has 2 N–H and O–H groups in total. The molecule has 1 aromatic carbocycles. The van der Waals surface area contributed by atoms with Gasteiger partial charge >= 0.3 is 0 Å². The molecule has 1 amide bonds. The van der Waals surface area contributed by atoms with Crippen LogP contribution < -0.4 is 10.5 Å². The zero-order valence-corrected chi connectivity index (χ0v) is 10.5. The minimum Gasteiger partial charge on any atom is -0.492 e. The lowest BCUT2D eigenvalue weighted by molar-refractivity contribution is 0.100. The predicted octanol–water partition coefficient (Wildman–Crippen LogP) is 2.02. The molecule has 0 aliphatic rings. The van der Waals surface area contributed by atoms with Crippen LogP contribution in [0.15, 0.2) is 30.6 Å². The Hall–Kier alpha value is -2.01. The smallest absolute Gasteiger partial charge is 0.250 e. The van der Waals surface area contributed by atoms with Crippen molar-refractivity contribution >= 4 is 17.5 Å². The maximum Gasteiger partial charge on any atom is 0.250 e. The summed E-state index contributed by atoms with van der Waals surface area (Å²) < 4.78 is 7.07. The van der Waals surface area contributed by atoms with Crippen molar-refractivity contribution in [2.75, 3.05) is 6.61 Å². The van der Waals surface area contributed by atoms with E-state index in [-0.39, 0.29) is 10.6 Å². The molecule has 0 saturated carbocycles. The van der Waals surface area contributed by atoms with E-state index >= 15 is 0 Å². The monoisotopic (exact) mass is 265 g/mol. The second-order valence-corrected chi connectivity index (χ2v) is 3.95. The fourth-order valence-corrected chi connectivity index (χ4v) is 1.84. The van der Waals surface area contributed by atoms with Crippen LogP contribution in [0.4, 0.5) is 0 Å². The highest BCUT2D eigenvalue weighted by Crippen LogP contribution is 2.29. The van der Waals surface area contributed by atoms with E-state index in [4.69, 9.17) is 22.1 Å². The first-order valence-corrected chi connectivity index (χ1v) is 5.77. The highest BCUT2D eigenvalue weighted by molar-refractivity contribution is 6.34. The van der Waals surface area contributed by atoms with Crippen LogP contribution in [0.1, 0.15) is 17.3 Å². The van der Waals surface area contributed by atoms with Crippen LogP contribution in [0.3, 0.4) is 0 Å². The lowest BCUT2D eigenvalue weighted by Gasteiger charge is -2.12. The van der Waals surface area contributed by atoms with Crippen LogP contribution in [-0.2, 0) is 0 Å². The number of nitrogens with zero attached hydrogens (tertiary/aromatic N) is 2. The molecule has 0 saturated heterocycles. The molecule has 94 valence electrons. The maximum absolute atomic E-state index is 11.3. The number of benzene rings is 1. The van der Waals surface area contributed by atoms with Crippen molar-refractivity contribution in [2.24, 2.45) is 5.73 Å². The van der Waals surface area contributed by atoms with Crippen molar-refractivity contribution in [3.63, 3.8) is 0 Å². The van der Waals surface area contributed by atoms with Crippen molar-refractivity contribution in [3.05, 3.63) is 41.2 Å². The normalized spacial score (nSPS) is 10.3. The summed E-state index contributed by atoms with van der Waals surface area (Å²) >= 11 is 5.98. The molecule has 0 unspecified atom stereocenters. The lowest BCUT2D eigenvalue weighted by Crippen LogP contribution is -2.13. The molecule has 0 bridgehead atoms. The third-order valence-corrected chi connectivity index (χ3v) is 2.68. The Labute approximate surface area is 109 Å². The van der Waals surface area contributed by atoms with E-state index in [1.165, 1.54) is 0 Å². The summed E-state index contributed by atoms with van der Waals surface area (Å²) in [7, 11) is 0. The Morgan fingerprint density at radius 3 is 2.89 bits per heavy atom. The van der Waals surface area contributed by atoms with Crippen molar-refractivity contribution in [1.82, 2.24) is 9.78 Å². The van der Waals surface area contributed by atoms with Gasteiger partial charge in [-0.3, -0.25) is 4.79 Å². The summed E-state index contributed by atoms with van der Waals surface area (Å²) in [5.41, 5.74) is 6.13. The second-order valence-electron chi connectivity index (χ2n) is 3.55. The van der Waals surface area contributed by atoms with Crippen LogP contribution in [0.2, 0.25) is 5.02 Å². The maximum atomic E-state index is 11.3. The number of ether oxygens (including phenoxy) is 1. The highest BCUT2D eigenvalue weighted by atomic mass is 35.5. The summed E-state index contributed by atoms with van der Waals surface area (Å²) in [5.74, 6) is -0.0346. The lowest BCUT2D eigenvalue weighted by atomic mass is 10.1. The SMILES string of the molecule is CCOc1cc(Cl)c(C(N)=O)cc1-n1cccn1. The van der Waals surface area contributed by atoms with Gasteiger partial charge in [0.05, 0.1) is 17.2 Å². The van der Waals surface area contributed by atoms with Gasteiger partial charge in [-0.1, -0.05) is 11.6 Å². The Morgan fingerprint density at radius 1 is 1.56 bits per heavy atom. The zero-order chi connectivity index (χ0) is 13.1. The second kappa shape index (κ2) is 5.10. The largest absolute Gasteiger partial charge is 0.492 e. The molecule has 2 rings (SSSR count). The van der Waals surface area contributed by atoms with Crippen LogP contribution in [0.5, 0.6) is 5.75 Å². The summed E-state index contributed by atoms with van der Waals surface area (Å²) in [5, 5.41) is 4.37. The Morgan fingerprint density at radius 2 is 2.33 bits per heavy atom. The van der Waals surface area contributed by atoms with Crippen molar-refractivity contribution in [1.29, 1.82) is 0 Å². The minimum atomic E-state index is -0.587.